The number of methoxy groups -OCH3 is 1. The maximum absolute atomic E-state index is 14.4. The molecule has 1 atom stereocenters. The normalized spacial score (nSPS) is 20.7. The van der Waals surface area contributed by atoms with E-state index < -0.39 is 23.1 Å². The molecule has 3 aromatic carbocycles. The van der Waals surface area contributed by atoms with Crippen molar-refractivity contribution in [2.75, 3.05) is 18.8 Å². The number of carbonyl (C=O) groups is 1. The number of Topliss-reactive ketones (excluding diaryl/α,β-unsaturated/α-hetero) is 1. The molecule has 2 aliphatic heterocycles. The van der Waals surface area contributed by atoms with Gasteiger partial charge in [-0.15, -0.1) is 0 Å². The van der Waals surface area contributed by atoms with Gasteiger partial charge in [-0.05, 0) is 65.9 Å². The Bertz CT molecular complexity index is 1710. The lowest BCUT2D eigenvalue weighted by Gasteiger charge is -2.45. The lowest BCUT2D eigenvalue weighted by atomic mass is 9.67. The molecule has 10 heteroatoms. The lowest BCUT2D eigenvalue weighted by Crippen LogP contribution is -2.45. The molecule has 0 fully saturated rings. The number of nitrogens with one attached hydrogen (secondary N) is 1. The van der Waals surface area contributed by atoms with E-state index in [1.165, 1.54) is 30.2 Å². The van der Waals surface area contributed by atoms with Crippen LogP contribution in [0.1, 0.15) is 49.3 Å². The molecular formula is C33H29F3N2O5. The Morgan fingerprint density at radius 3 is 2.42 bits per heavy atom. The number of alkyl halides is 3. The van der Waals surface area contributed by atoms with Crippen molar-refractivity contribution in [1.29, 1.82) is 5.41 Å². The van der Waals surface area contributed by atoms with Crippen molar-refractivity contribution in [3.63, 3.8) is 0 Å². The molecule has 1 aliphatic carbocycles. The van der Waals surface area contributed by atoms with E-state index >= 15 is 0 Å². The summed E-state index contributed by atoms with van der Waals surface area (Å²) in [5.74, 6) is -0.463. The first-order chi connectivity index (χ1) is 20.4. The second kappa shape index (κ2) is 10.2. The summed E-state index contributed by atoms with van der Waals surface area (Å²) in [6, 6.07) is 16.5. The fourth-order valence-electron chi connectivity index (χ4n) is 6.12. The first-order valence-electron chi connectivity index (χ1n) is 13.7. The number of halogens is 3. The zero-order valence-electron chi connectivity index (χ0n) is 23.7. The van der Waals surface area contributed by atoms with Crippen molar-refractivity contribution in [3.05, 3.63) is 100 Å². The van der Waals surface area contributed by atoms with E-state index in [0.29, 0.717) is 34.1 Å². The minimum Gasteiger partial charge on any atom is -0.507 e. The second-order valence-corrected chi connectivity index (χ2v) is 11.5. The van der Waals surface area contributed by atoms with E-state index in [-0.39, 0.29) is 53.8 Å². The van der Waals surface area contributed by atoms with E-state index in [1.807, 2.05) is 13.8 Å². The number of fused-ring (bicyclic) bond motifs is 1. The van der Waals surface area contributed by atoms with Crippen LogP contribution in [0.4, 0.5) is 18.9 Å². The second-order valence-electron chi connectivity index (χ2n) is 11.5. The van der Waals surface area contributed by atoms with Crippen molar-refractivity contribution < 1.29 is 37.3 Å². The van der Waals surface area contributed by atoms with Crippen LogP contribution in [0.15, 0.2) is 83.6 Å². The number of hydrogen-bond donors (Lipinski definition) is 2. The van der Waals surface area contributed by atoms with Gasteiger partial charge in [0.25, 0.3) is 0 Å². The summed E-state index contributed by atoms with van der Waals surface area (Å²) in [6.07, 6.45) is -4.35. The molecular weight excluding hydrogens is 561 g/mol. The molecule has 2 N–H and O–H groups in total. The topological polar surface area (TPSA) is 92.1 Å². The van der Waals surface area contributed by atoms with Crippen LogP contribution in [0.5, 0.6) is 17.2 Å². The van der Waals surface area contributed by atoms with E-state index in [9.17, 15) is 28.5 Å². The molecule has 0 saturated heterocycles. The van der Waals surface area contributed by atoms with Gasteiger partial charge in [-0.1, -0.05) is 32.0 Å². The van der Waals surface area contributed by atoms with Gasteiger partial charge in [0.2, 0.25) is 6.79 Å². The third kappa shape index (κ3) is 4.90. The molecule has 6 rings (SSSR count). The van der Waals surface area contributed by atoms with Gasteiger partial charge >= 0.3 is 6.18 Å². The summed E-state index contributed by atoms with van der Waals surface area (Å²) in [7, 11) is 1.50. The van der Waals surface area contributed by atoms with Crippen LogP contribution in [0.25, 0.3) is 5.76 Å². The van der Waals surface area contributed by atoms with Crippen molar-refractivity contribution in [3.8, 4) is 17.2 Å². The van der Waals surface area contributed by atoms with E-state index in [0.717, 1.165) is 6.07 Å². The van der Waals surface area contributed by atoms with Gasteiger partial charge in [0, 0.05) is 34.7 Å². The van der Waals surface area contributed by atoms with E-state index in [1.54, 1.807) is 42.5 Å². The molecule has 43 heavy (non-hydrogen) atoms. The molecule has 0 bridgehead atoms. The van der Waals surface area contributed by atoms with Gasteiger partial charge in [-0.25, -0.2) is 0 Å². The van der Waals surface area contributed by atoms with Gasteiger partial charge in [0.1, 0.15) is 17.3 Å². The molecule has 0 aromatic heterocycles. The first-order valence-corrected chi connectivity index (χ1v) is 13.7. The van der Waals surface area contributed by atoms with Crippen LogP contribution < -0.4 is 19.1 Å². The third-order valence-corrected chi connectivity index (χ3v) is 8.02. The number of para-hydroxylation sites is 1. The minimum absolute atomic E-state index is 0.00665. The first kappa shape index (κ1) is 28.4. The van der Waals surface area contributed by atoms with Crippen molar-refractivity contribution in [2.24, 2.45) is 5.41 Å². The lowest BCUT2D eigenvalue weighted by molar-refractivity contribution is -0.137. The highest BCUT2D eigenvalue weighted by Gasteiger charge is 2.48. The molecule has 222 valence electrons. The highest BCUT2D eigenvalue weighted by atomic mass is 19.4. The zero-order valence-corrected chi connectivity index (χ0v) is 23.7. The largest absolute Gasteiger partial charge is 0.507 e. The summed E-state index contributed by atoms with van der Waals surface area (Å²) in [4.78, 5) is 15.3. The summed E-state index contributed by atoms with van der Waals surface area (Å²) < 4.78 is 59.4. The van der Waals surface area contributed by atoms with Gasteiger partial charge in [0.05, 0.1) is 18.4 Å². The zero-order chi connectivity index (χ0) is 30.7. The Morgan fingerprint density at radius 1 is 1.02 bits per heavy atom. The maximum Gasteiger partial charge on any atom is 0.418 e. The van der Waals surface area contributed by atoms with Crippen molar-refractivity contribution >= 4 is 23.1 Å². The van der Waals surface area contributed by atoms with Crippen LogP contribution in [0, 0.1) is 10.8 Å². The van der Waals surface area contributed by atoms with Crippen LogP contribution in [0.3, 0.4) is 0 Å². The van der Waals surface area contributed by atoms with Gasteiger partial charge < -0.3 is 19.3 Å². The monoisotopic (exact) mass is 590 g/mol. The molecule has 2 heterocycles. The van der Waals surface area contributed by atoms with Gasteiger partial charge in [-0.3, -0.25) is 15.1 Å². The van der Waals surface area contributed by atoms with Crippen LogP contribution in [-0.4, -0.2) is 30.6 Å². The van der Waals surface area contributed by atoms with Crippen molar-refractivity contribution in [2.45, 2.75) is 38.8 Å². The maximum atomic E-state index is 14.4. The molecule has 3 aliphatic rings. The summed E-state index contributed by atoms with van der Waals surface area (Å²) in [5.41, 5.74) is -0.447. The van der Waals surface area contributed by atoms with E-state index in [2.05, 4.69) is 0 Å². The number of hydrogen-bond acceptors (Lipinski definition) is 6. The number of aliphatic hydroxyl groups is 1. The molecule has 0 radical (unpaired) electrons. The Labute approximate surface area is 246 Å². The standard InChI is InChI=1S/C33H29F3N2O5/c1-32(2)15-23-28(24(39)16-32)27(19-10-13-25-26(14-19)43-17-42-25)29(30(40)18-8-11-20(41-3)12-9-18)31(37)38(23)22-7-5-4-6-21(22)33(34,35)36/h4-14,27,37,40H,15-17H2,1-3H3/t27-/m1/s1. The highest BCUT2D eigenvalue weighted by molar-refractivity contribution is 6.20. The molecule has 0 unspecified atom stereocenters. The number of carbonyl (C=O) groups excluding carboxylic acids is 1. The number of nitrogens with zero attached hydrogens (tertiary/aromatic N) is 1. The average Bonchev–Trinajstić information content (AvgIpc) is 3.43. The van der Waals surface area contributed by atoms with E-state index in [4.69, 9.17) is 14.2 Å². The van der Waals surface area contributed by atoms with Gasteiger partial charge in [0.15, 0.2) is 17.3 Å². The number of anilines is 1. The molecule has 3 aromatic rings. The number of amidine groups is 1. The van der Waals surface area contributed by atoms with Crippen LogP contribution in [-0.2, 0) is 11.0 Å². The summed E-state index contributed by atoms with van der Waals surface area (Å²) in [6.45, 7) is 3.77. The smallest absolute Gasteiger partial charge is 0.418 e. The number of rotatable bonds is 4. The van der Waals surface area contributed by atoms with Crippen LogP contribution >= 0.6 is 0 Å². The van der Waals surface area contributed by atoms with Crippen LogP contribution in [0.2, 0.25) is 0 Å². The number of allylic oxidation sites excluding steroid dienone is 2. The van der Waals surface area contributed by atoms with Crippen molar-refractivity contribution in [1.82, 2.24) is 0 Å². The fraction of sp³-hybridized carbons (Fsp3) is 0.273. The highest BCUT2D eigenvalue weighted by Crippen LogP contribution is 2.53. The summed E-state index contributed by atoms with van der Waals surface area (Å²) in [5, 5.41) is 21.3. The predicted octanol–water partition coefficient (Wildman–Crippen LogP) is 7.64. The molecule has 7 nitrogen and oxygen atoms in total. The Hall–Kier alpha value is -4.73. The average molecular weight is 591 g/mol. The number of aliphatic hydroxyl groups excluding tert-OH is 1. The molecule has 0 amide bonds. The Kier molecular flexibility index (Phi) is 6.75. The predicted molar refractivity (Wildman–Crippen MR) is 155 cm³/mol. The number of ketones is 1. The Balaban J connectivity index is 1.68. The third-order valence-electron chi connectivity index (χ3n) is 8.02. The number of benzene rings is 3. The minimum atomic E-state index is -4.73. The van der Waals surface area contributed by atoms with Gasteiger partial charge in [-0.2, -0.15) is 13.2 Å². The fourth-order valence-corrected chi connectivity index (χ4v) is 6.12. The molecule has 0 saturated carbocycles. The molecule has 0 spiro atoms. The SMILES string of the molecule is COc1ccc(C(O)=C2C(=N)N(c3ccccc3C(F)(F)F)C3=C(C(=O)CC(C)(C)C3)[C@H]2c2ccc3c(c2)OCO3)cc1. The quantitative estimate of drug-likeness (QED) is 0.304. The Morgan fingerprint density at radius 2 is 1.72 bits per heavy atom. The summed E-state index contributed by atoms with van der Waals surface area (Å²) >= 11 is 0. The number of ether oxygens (including phenoxy) is 3.